The van der Waals surface area contributed by atoms with E-state index < -0.39 is 0 Å². The smallest absolute Gasteiger partial charge is 0.323 e. The van der Waals surface area contributed by atoms with Gasteiger partial charge in [-0.2, -0.15) is 11.8 Å². The summed E-state index contributed by atoms with van der Waals surface area (Å²) in [7, 11) is 0. The van der Waals surface area contributed by atoms with Gasteiger partial charge in [-0.1, -0.05) is 60.7 Å². The number of carbonyl (C=O) groups is 1. The van der Waals surface area contributed by atoms with Crippen molar-refractivity contribution in [3.8, 4) is 0 Å². The van der Waals surface area contributed by atoms with Gasteiger partial charge < -0.3 is 4.90 Å². The molecule has 3 nitrogen and oxygen atoms in total. The van der Waals surface area contributed by atoms with Crippen molar-refractivity contribution in [1.82, 2.24) is 4.90 Å². The van der Waals surface area contributed by atoms with Gasteiger partial charge in [0.1, 0.15) is 0 Å². The number of para-hydroxylation sites is 2. The van der Waals surface area contributed by atoms with Crippen LogP contribution in [0.15, 0.2) is 84.9 Å². The third-order valence-corrected chi connectivity index (χ3v) is 6.68. The van der Waals surface area contributed by atoms with Crippen LogP contribution in [0, 0.1) is 6.92 Å². The molecule has 29 heavy (non-hydrogen) atoms. The summed E-state index contributed by atoms with van der Waals surface area (Å²) in [5.41, 5.74) is 4.53. The molecule has 3 aromatic carbocycles. The van der Waals surface area contributed by atoms with Crippen molar-refractivity contribution in [1.29, 1.82) is 0 Å². The van der Waals surface area contributed by atoms with Crippen molar-refractivity contribution in [3.63, 3.8) is 0 Å². The number of urea groups is 1. The van der Waals surface area contributed by atoms with E-state index in [1.165, 1.54) is 11.1 Å². The Bertz CT molecular complexity index is 906. The maximum absolute atomic E-state index is 13.6. The maximum Gasteiger partial charge on any atom is 0.329 e. The fourth-order valence-corrected chi connectivity index (χ4v) is 5.15. The van der Waals surface area contributed by atoms with Crippen molar-refractivity contribution < 1.29 is 4.79 Å². The standard InChI is InChI=1S/C25H26N2OS/c1-20-10-8-9-15-23(20)24-16-17-26(18-19-29-24)25(28)27(21-11-4-2-5-12-21)22-13-6-3-7-14-22/h2-15,24H,16-19H2,1H3. The highest BCUT2D eigenvalue weighted by Crippen LogP contribution is 2.36. The lowest BCUT2D eigenvalue weighted by molar-refractivity contribution is 0.210. The Labute approximate surface area is 177 Å². The summed E-state index contributed by atoms with van der Waals surface area (Å²) >= 11 is 1.96. The van der Waals surface area contributed by atoms with Gasteiger partial charge in [0.2, 0.25) is 0 Å². The average Bonchev–Trinajstić information content (AvgIpc) is 3.02. The minimum Gasteiger partial charge on any atom is -0.323 e. The van der Waals surface area contributed by atoms with Crippen molar-refractivity contribution in [3.05, 3.63) is 96.1 Å². The SMILES string of the molecule is Cc1ccccc1C1CCN(C(=O)N(c2ccccc2)c2ccccc2)CCS1. The van der Waals surface area contributed by atoms with E-state index >= 15 is 0 Å². The number of benzene rings is 3. The minimum absolute atomic E-state index is 0.0495. The first kappa shape index (κ1) is 19.6. The molecule has 148 valence electrons. The zero-order valence-electron chi connectivity index (χ0n) is 16.7. The van der Waals surface area contributed by atoms with Gasteiger partial charge in [-0.15, -0.1) is 0 Å². The van der Waals surface area contributed by atoms with E-state index in [2.05, 4.69) is 31.2 Å². The minimum atomic E-state index is 0.0495. The highest BCUT2D eigenvalue weighted by molar-refractivity contribution is 7.99. The highest BCUT2D eigenvalue weighted by Gasteiger charge is 2.27. The molecule has 0 N–H and O–H groups in total. The molecule has 1 fully saturated rings. The topological polar surface area (TPSA) is 23.6 Å². The summed E-state index contributed by atoms with van der Waals surface area (Å²) in [4.78, 5) is 17.4. The van der Waals surface area contributed by atoms with Gasteiger partial charge in [-0.25, -0.2) is 4.79 Å². The third-order valence-electron chi connectivity index (χ3n) is 5.37. The number of anilines is 2. The van der Waals surface area contributed by atoms with Crippen LogP contribution in [0.4, 0.5) is 16.2 Å². The molecule has 1 saturated heterocycles. The molecule has 1 atom stereocenters. The average molecular weight is 403 g/mol. The molecule has 0 radical (unpaired) electrons. The number of aryl methyl sites for hydroxylation is 1. The predicted molar refractivity (Wildman–Crippen MR) is 123 cm³/mol. The summed E-state index contributed by atoms with van der Waals surface area (Å²) in [6, 6.07) is 28.5. The lowest BCUT2D eigenvalue weighted by atomic mass is 10.0. The Balaban J connectivity index is 1.56. The van der Waals surface area contributed by atoms with E-state index in [1.54, 1.807) is 0 Å². The lowest BCUT2D eigenvalue weighted by Gasteiger charge is -2.30. The van der Waals surface area contributed by atoms with Crippen molar-refractivity contribution >= 4 is 29.2 Å². The Morgan fingerprint density at radius 3 is 2.07 bits per heavy atom. The van der Waals surface area contributed by atoms with E-state index in [-0.39, 0.29) is 6.03 Å². The Morgan fingerprint density at radius 1 is 0.862 bits per heavy atom. The molecule has 0 saturated carbocycles. The largest absolute Gasteiger partial charge is 0.329 e. The van der Waals surface area contributed by atoms with Gasteiger partial charge in [0, 0.05) is 24.1 Å². The molecule has 0 aliphatic carbocycles. The van der Waals surface area contributed by atoms with Gasteiger partial charge in [0.25, 0.3) is 0 Å². The number of hydrogen-bond donors (Lipinski definition) is 0. The summed E-state index contributed by atoms with van der Waals surface area (Å²) in [6.07, 6.45) is 0.971. The molecule has 1 unspecified atom stereocenters. The number of rotatable bonds is 3. The second-order valence-electron chi connectivity index (χ2n) is 7.28. The van der Waals surface area contributed by atoms with Crippen LogP contribution in [0.2, 0.25) is 0 Å². The first-order valence-electron chi connectivity index (χ1n) is 10.1. The van der Waals surface area contributed by atoms with Crippen molar-refractivity contribution in [2.45, 2.75) is 18.6 Å². The summed E-state index contributed by atoms with van der Waals surface area (Å²) in [5.74, 6) is 0.947. The van der Waals surface area contributed by atoms with Crippen LogP contribution >= 0.6 is 11.8 Å². The van der Waals surface area contributed by atoms with Crippen molar-refractivity contribution in [2.24, 2.45) is 0 Å². The molecule has 2 amide bonds. The third kappa shape index (κ3) is 4.48. The van der Waals surface area contributed by atoms with E-state index in [9.17, 15) is 4.79 Å². The lowest BCUT2D eigenvalue weighted by Crippen LogP contribution is -2.42. The molecule has 4 rings (SSSR count). The van der Waals surface area contributed by atoms with Gasteiger partial charge in [-0.3, -0.25) is 4.90 Å². The number of nitrogens with zero attached hydrogens (tertiary/aromatic N) is 2. The van der Waals surface area contributed by atoms with E-state index in [0.717, 1.165) is 36.6 Å². The fraction of sp³-hybridized carbons (Fsp3) is 0.240. The fourth-order valence-electron chi connectivity index (χ4n) is 3.82. The Morgan fingerprint density at radius 2 is 1.45 bits per heavy atom. The molecule has 1 aliphatic rings. The second-order valence-corrected chi connectivity index (χ2v) is 8.59. The molecular weight excluding hydrogens is 376 g/mol. The molecular formula is C25H26N2OS. The molecule has 0 bridgehead atoms. The second kappa shape index (κ2) is 9.19. The molecule has 1 heterocycles. The van der Waals surface area contributed by atoms with Gasteiger partial charge in [-0.05, 0) is 48.7 Å². The quantitative estimate of drug-likeness (QED) is 0.504. The summed E-state index contributed by atoms with van der Waals surface area (Å²) in [5, 5.41) is 0.441. The van der Waals surface area contributed by atoms with E-state index in [1.807, 2.05) is 82.2 Å². The zero-order chi connectivity index (χ0) is 20.1. The normalized spacial score (nSPS) is 16.9. The van der Waals surface area contributed by atoms with Crippen LogP contribution < -0.4 is 4.90 Å². The van der Waals surface area contributed by atoms with Gasteiger partial charge >= 0.3 is 6.03 Å². The zero-order valence-corrected chi connectivity index (χ0v) is 17.5. The van der Waals surface area contributed by atoms with E-state index in [4.69, 9.17) is 0 Å². The van der Waals surface area contributed by atoms with Crippen molar-refractivity contribution in [2.75, 3.05) is 23.7 Å². The maximum atomic E-state index is 13.6. The van der Waals surface area contributed by atoms with E-state index in [0.29, 0.717) is 5.25 Å². The molecule has 4 heteroatoms. The number of amides is 2. The number of hydrogen-bond acceptors (Lipinski definition) is 2. The van der Waals surface area contributed by atoms with Crippen LogP contribution in [0.1, 0.15) is 22.8 Å². The van der Waals surface area contributed by atoms with Crippen LogP contribution in [-0.2, 0) is 0 Å². The van der Waals surface area contributed by atoms with Crippen LogP contribution in [0.25, 0.3) is 0 Å². The summed E-state index contributed by atoms with van der Waals surface area (Å²) < 4.78 is 0. The predicted octanol–water partition coefficient (Wildman–Crippen LogP) is 6.43. The monoisotopic (exact) mass is 402 g/mol. The number of carbonyl (C=O) groups excluding carboxylic acids is 1. The highest BCUT2D eigenvalue weighted by atomic mass is 32.2. The molecule has 0 aromatic heterocycles. The van der Waals surface area contributed by atoms with Crippen LogP contribution in [-0.4, -0.2) is 29.8 Å². The number of thioether (sulfide) groups is 1. The van der Waals surface area contributed by atoms with Gasteiger partial charge in [0.15, 0.2) is 0 Å². The van der Waals surface area contributed by atoms with Crippen LogP contribution in [0.5, 0.6) is 0 Å². The molecule has 1 aliphatic heterocycles. The Hall–Kier alpha value is -2.72. The van der Waals surface area contributed by atoms with Gasteiger partial charge in [0.05, 0.1) is 11.4 Å². The first-order chi connectivity index (χ1) is 14.2. The Kier molecular flexibility index (Phi) is 6.20. The van der Waals surface area contributed by atoms with Crippen LogP contribution in [0.3, 0.4) is 0 Å². The molecule has 0 spiro atoms. The summed E-state index contributed by atoms with van der Waals surface area (Å²) in [6.45, 7) is 3.71. The first-order valence-corrected chi connectivity index (χ1v) is 11.1. The molecule has 3 aromatic rings.